The van der Waals surface area contributed by atoms with Gasteiger partial charge in [0, 0.05) is 11.1 Å². The number of methoxy groups -OCH3 is 1. The van der Waals surface area contributed by atoms with Gasteiger partial charge < -0.3 is 9.47 Å². The van der Waals surface area contributed by atoms with Crippen LogP contribution in [0, 0.1) is 0 Å². The molecule has 1 heterocycles. The maximum Gasteiger partial charge on any atom is 0.339 e. The minimum Gasteiger partial charge on any atom is -0.465 e. The van der Waals surface area contributed by atoms with Gasteiger partial charge in [-0.15, -0.1) is 0 Å². The van der Waals surface area contributed by atoms with Gasteiger partial charge in [-0.25, -0.2) is 9.59 Å². The summed E-state index contributed by atoms with van der Waals surface area (Å²) in [6, 6.07) is 17.2. The molecule has 0 bridgehead atoms. The summed E-state index contributed by atoms with van der Waals surface area (Å²) in [4.78, 5) is 24.7. The van der Waals surface area contributed by atoms with Crippen LogP contribution in [0.1, 0.15) is 26.3 Å². The Morgan fingerprint density at radius 3 is 2.33 bits per heavy atom. The largest absolute Gasteiger partial charge is 0.465 e. The molecular weight excluding hydrogens is 304 g/mol. The van der Waals surface area contributed by atoms with E-state index < -0.39 is 11.9 Å². The summed E-state index contributed by atoms with van der Waals surface area (Å²) in [5.41, 5.74) is 3.19. The number of rotatable bonds is 2. The lowest BCUT2D eigenvalue weighted by molar-refractivity contribution is 0.0525. The summed E-state index contributed by atoms with van der Waals surface area (Å²) >= 11 is 0. The molecule has 118 valence electrons. The molecule has 24 heavy (non-hydrogen) atoms. The lowest BCUT2D eigenvalue weighted by atomic mass is 9.87. The van der Waals surface area contributed by atoms with Crippen molar-refractivity contribution >= 4 is 22.7 Å². The van der Waals surface area contributed by atoms with Gasteiger partial charge in [0.2, 0.25) is 0 Å². The van der Waals surface area contributed by atoms with E-state index in [1.54, 1.807) is 0 Å². The summed E-state index contributed by atoms with van der Waals surface area (Å²) < 4.78 is 10.2. The lowest BCUT2D eigenvalue weighted by Gasteiger charge is -2.15. The average Bonchev–Trinajstić information content (AvgIpc) is 3.01. The number of benzene rings is 3. The Kier molecular flexibility index (Phi) is 3.31. The van der Waals surface area contributed by atoms with E-state index >= 15 is 0 Å². The smallest absolute Gasteiger partial charge is 0.339 e. The first-order valence-electron chi connectivity index (χ1n) is 7.61. The highest BCUT2D eigenvalue weighted by Crippen LogP contribution is 2.40. The van der Waals surface area contributed by atoms with Crippen LogP contribution in [0.15, 0.2) is 54.6 Å². The number of hydrogen-bond donors (Lipinski definition) is 0. The molecule has 1 aliphatic rings. The van der Waals surface area contributed by atoms with Gasteiger partial charge >= 0.3 is 11.9 Å². The molecule has 0 aliphatic carbocycles. The topological polar surface area (TPSA) is 52.6 Å². The molecule has 0 saturated carbocycles. The van der Waals surface area contributed by atoms with E-state index in [1.165, 1.54) is 7.11 Å². The molecule has 0 N–H and O–H groups in total. The molecule has 0 aromatic heterocycles. The van der Waals surface area contributed by atoms with Crippen LogP contribution >= 0.6 is 0 Å². The molecule has 4 nitrogen and oxygen atoms in total. The average molecular weight is 318 g/mol. The number of carbonyl (C=O) groups is 2. The highest BCUT2D eigenvalue weighted by Gasteiger charge is 2.33. The lowest BCUT2D eigenvalue weighted by Crippen LogP contribution is -2.09. The Labute approximate surface area is 138 Å². The van der Waals surface area contributed by atoms with Gasteiger partial charge in [-0.2, -0.15) is 0 Å². The quantitative estimate of drug-likeness (QED) is 0.671. The maximum absolute atomic E-state index is 12.4. The van der Waals surface area contributed by atoms with Crippen molar-refractivity contribution in [2.75, 3.05) is 7.11 Å². The van der Waals surface area contributed by atoms with Crippen molar-refractivity contribution in [2.45, 2.75) is 6.61 Å². The fraction of sp³-hybridized carbons (Fsp3) is 0.100. The van der Waals surface area contributed by atoms with Crippen molar-refractivity contribution in [3.05, 3.63) is 71.3 Å². The van der Waals surface area contributed by atoms with Crippen LogP contribution in [0.2, 0.25) is 0 Å². The van der Waals surface area contributed by atoms with E-state index in [2.05, 4.69) is 0 Å². The SMILES string of the molecule is COC(=O)c1c2c(c(-c3ccccc3)c3ccccc13)C(=O)OC2. The first kappa shape index (κ1) is 14.5. The molecule has 0 spiro atoms. The van der Waals surface area contributed by atoms with Crippen LogP contribution in [0.5, 0.6) is 0 Å². The van der Waals surface area contributed by atoms with E-state index in [0.29, 0.717) is 16.7 Å². The normalized spacial score (nSPS) is 12.8. The third-order valence-corrected chi connectivity index (χ3v) is 4.32. The zero-order chi connectivity index (χ0) is 16.7. The molecular formula is C20H14O4. The van der Waals surface area contributed by atoms with Gasteiger partial charge in [0.25, 0.3) is 0 Å². The van der Waals surface area contributed by atoms with E-state index in [-0.39, 0.29) is 6.61 Å². The van der Waals surface area contributed by atoms with Gasteiger partial charge in [-0.3, -0.25) is 0 Å². The Hall–Kier alpha value is -3.14. The molecule has 3 aromatic rings. The second-order valence-electron chi connectivity index (χ2n) is 5.58. The van der Waals surface area contributed by atoms with Gasteiger partial charge in [-0.1, -0.05) is 54.6 Å². The summed E-state index contributed by atoms with van der Waals surface area (Å²) in [5.74, 6) is -0.861. The molecule has 0 saturated heterocycles. The number of ether oxygens (including phenoxy) is 2. The highest BCUT2D eigenvalue weighted by atomic mass is 16.5. The summed E-state index contributed by atoms with van der Waals surface area (Å²) in [6.45, 7) is 0.0866. The Balaban J connectivity index is 2.20. The van der Waals surface area contributed by atoms with Crippen LogP contribution in [0.25, 0.3) is 21.9 Å². The second-order valence-corrected chi connectivity index (χ2v) is 5.58. The zero-order valence-corrected chi connectivity index (χ0v) is 13.0. The molecule has 1 aliphatic heterocycles. The number of fused-ring (bicyclic) bond motifs is 2. The van der Waals surface area contributed by atoms with Crippen LogP contribution in [-0.2, 0) is 16.1 Å². The first-order chi connectivity index (χ1) is 11.7. The highest BCUT2D eigenvalue weighted by molar-refractivity contribution is 6.17. The Bertz CT molecular complexity index is 974. The summed E-state index contributed by atoms with van der Waals surface area (Å²) in [6.07, 6.45) is 0. The number of hydrogen-bond acceptors (Lipinski definition) is 4. The Morgan fingerprint density at radius 1 is 0.958 bits per heavy atom. The number of carbonyl (C=O) groups excluding carboxylic acids is 2. The fourth-order valence-electron chi connectivity index (χ4n) is 3.31. The molecule has 0 unspecified atom stereocenters. The Morgan fingerprint density at radius 2 is 1.62 bits per heavy atom. The third-order valence-electron chi connectivity index (χ3n) is 4.32. The van der Waals surface area contributed by atoms with Crippen molar-refractivity contribution in [1.82, 2.24) is 0 Å². The minimum absolute atomic E-state index is 0.0866. The van der Waals surface area contributed by atoms with Crippen molar-refractivity contribution in [1.29, 1.82) is 0 Å². The predicted molar refractivity (Wildman–Crippen MR) is 89.8 cm³/mol. The molecule has 0 fully saturated rings. The van der Waals surface area contributed by atoms with Gasteiger partial charge in [-0.05, 0) is 16.3 Å². The number of esters is 2. The molecule has 4 heteroatoms. The minimum atomic E-state index is -0.458. The van der Waals surface area contributed by atoms with Crippen LogP contribution in [0.3, 0.4) is 0 Å². The predicted octanol–water partition coefficient (Wildman–Crippen LogP) is 3.96. The van der Waals surface area contributed by atoms with E-state index in [4.69, 9.17) is 9.47 Å². The van der Waals surface area contributed by atoms with Gasteiger partial charge in [0.05, 0.1) is 18.2 Å². The molecule has 3 aromatic carbocycles. The molecule has 4 rings (SSSR count). The van der Waals surface area contributed by atoms with Gasteiger partial charge in [0.15, 0.2) is 0 Å². The van der Waals surface area contributed by atoms with E-state index in [1.807, 2.05) is 54.6 Å². The molecule has 0 atom stereocenters. The summed E-state index contributed by atoms with van der Waals surface area (Å²) in [7, 11) is 1.34. The van der Waals surface area contributed by atoms with Crippen LogP contribution in [-0.4, -0.2) is 19.0 Å². The van der Waals surface area contributed by atoms with Gasteiger partial charge in [0.1, 0.15) is 6.61 Å². The molecule has 0 amide bonds. The second kappa shape index (κ2) is 5.49. The van der Waals surface area contributed by atoms with Crippen molar-refractivity contribution < 1.29 is 19.1 Å². The fourth-order valence-corrected chi connectivity index (χ4v) is 3.31. The van der Waals surface area contributed by atoms with Crippen LogP contribution < -0.4 is 0 Å². The van der Waals surface area contributed by atoms with Crippen molar-refractivity contribution in [3.8, 4) is 11.1 Å². The molecule has 0 radical (unpaired) electrons. The van der Waals surface area contributed by atoms with Crippen molar-refractivity contribution in [3.63, 3.8) is 0 Å². The zero-order valence-electron chi connectivity index (χ0n) is 13.0. The van der Waals surface area contributed by atoms with E-state index in [9.17, 15) is 9.59 Å². The van der Waals surface area contributed by atoms with Crippen LogP contribution in [0.4, 0.5) is 0 Å². The summed E-state index contributed by atoms with van der Waals surface area (Å²) in [5, 5.41) is 1.60. The monoisotopic (exact) mass is 318 g/mol. The number of cyclic esters (lactones) is 1. The maximum atomic E-state index is 12.4. The van der Waals surface area contributed by atoms with Crippen molar-refractivity contribution in [2.24, 2.45) is 0 Å². The first-order valence-corrected chi connectivity index (χ1v) is 7.61. The van der Waals surface area contributed by atoms with E-state index in [0.717, 1.165) is 21.9 Å². The standard InChI is InChI=1S/C20H14O4/c1-23-19(21)17-14-10-6-5-9-13(14)16(12-7-3-2-4-8-12)18-15(17)11-24-20(18)22/h2-10H,11H2,1H3. The third kappa shape index (κ3) is 2.00.